The first-order valence-corrected chi connectivity index (χ1v) is 5.30. The van der Waals surface area contributed by atoms with E-state index >= 15 is 0 Å². The smallest absolute Gasteiger partial charge is 0.287 e. The van der Waals surface area contributed by atoms with Crippen molar-refractivity contribution in [2.24, 2.45) is 0 Å². The van der Waals surface area contributed by atoms with Crippen molar-refractivity contribution in [3.63, 3.8) is 0 Å². The standard InChI is InChI=1S/C9H6N4O3S/c14-7-3-4-10-9(12-7)17-8-2-1-6(5-11-8)13(15)16/h1-5H,(H,10,12,14). The fourth-order valence-electron chi connectivity index (χ4n) is 1.04. The molecule has 8 heteroatoms. The summed E-state index contributed by atoms with van der Waals surface area (Å²) in [6.07, 6.45) is 2.54. The predicted octanol–water partition coefficient (Wildman–Crippen LogP) is 1.22. The van der Waals surface area contributed by atoms with E-state index in [1.165, 1.54) is 24.4 Å². The molecule has 0 fully saturated rings. The molecular formula is C9H6N4O3S. The SMILES string of the molecule is O=c1ccnc(Sc2ccc([N+](=O)[O-])cn2)[nH]1. The van der Waals surface area contributed by atoms with Gasteiger partial charge in [0.05, 0.1) is 4.92 Å². The Balaban J connectivity index is 2.19. The lowest BCUT2D eigenvalue weighted by molar-refractivity contribution is -0.385. The van der Waals surface area contributed by atoms with Crippen LogP contribution in [0.25, 0.3) is 0 Å². The number of nitro groups is 1. The Kier molecular flexibility index (Phi) is 3.15. The zero-order chi connectivity index (χ0) is 12.3. The second kappa shape index (κ2) is 4.74. The number of H-pyrrole nitrogens is 1. The number of aromatic nitrogens is 3. The molecule has 0 saturated carbocycles. The van der Waals surface area contributed by atoms with Gasteiger partial charge >= 0.3 is 0 Å². The molecule has 0 aliphatic heterocycles. The molecule has 0 aromatic carbocycles. The summed E-state index contributed by atoms with van der Waals surface area (Å²) in [5.74, 6) is 0. The van der Waals surface area contributed by atoms with Crippen LogP contribution in [0.4, 0.5) is 5.69 Å². The van der Waals surface area contributed by atoms with Gasteiger partial charge in [0.15, 0.2) is 5.16 Å². The summed E-state index contributed by atoms with van der Waals surface area (Å²) in [7, 11) is 0. The highest BCUT2D eigenvalue weighted by molar-refractivity contribution is 7.99. The molecule has 0 bridgehead atoms. The van der Waals surface area contributed by atoms with E-state index < -0.39 is 4.92 Å². The van der Waals surface area contributed by atoms with Crippen LogP contribution in [0.1, 0.15) is 0 Å². The second-order valence-corrected chi connectivity index (χ2v) is 3.96. The molecule has 0 aliphatic rings. The fraction of sp³-hybridized carbons (Fsp3) is 0. The first-order chi connectivity index (χ1) is 8.15. The largest absolute Gasteiger partial charge is 0.301 e. The van der Waals surface area contributed by atoms with Crippen LogP contribution in [0, 0.1) is 10.1 Å². The van der Waals surface area contributed by atoms with Crippen molar-refractivity contribution < 1.29 is 4.92 Å². The Morgan fingerprint density at radius 2 is 2.12 bits per heavy atom. The number of aromatic amines is 1. The average Bonchev–Trinajstić information content (AvgIpc) is 2.29. The number of hydrogen-bond donors (Lipinski definition) is 1. The number of nitrogens with zero attached hydrogens (tertiary/aromatic N) is 3. The van der Waals surface area contributed by atoms with Crippen LogP contribution in [-0.2, 0) is 0 Å². The Bertz CT molecular complexity index is 596. The molecule has 86 valence electrons. The summed E-state index contributed by atoms with van der Waals surface area (Å²) in [4.78, 5) is 31.2. The van der Waals surface area contributed by atoms with E-state index in [0.29, 0.717) is 10.2 Å². The van der Waals surface area contributed by atoms with Gasteiger partial charge in [-0.25, -0.2) is 9.97 Å². The lowest BCUT2D eigenvalue weighted by atomic mass is 10.4. The van der Waals surface area contributed by atoms with Crippen molar-refractivity contribution in [2.45, 2.75) is 10.2 Å². The summed E-state index contributed by atoms with van der Waals surface area (Å²) in [6, 6.07) is 4.14. The summed E-state index contributed by atoms with van der Waals surface area (Å²) < 4.78 is 0. The van der Waals surface area contributed by atoms with Crippen LogP contribution in [0.2, 0.25) is 0 Å². The van der Waals surface area contributed by atoms with Gasteiger partial charge in [0.25, 0.3) is 11.2 Å². The van der Waals surface area contributed by atoms with E-state index in [4.69, 9.17) is 0 Å². The number of hydrogen-bond acceptors (Lipinski definition) is 6. The third kappa shape index (κ3) is 2.88. The van der Waals surface area contributed by atoms with Gasteiger partial charge in [-0.3, -0.25) is 14.9 Å². The maximum atomic E-state index is 11.0. The van der Waals surface area contributed by atoms with Crippen LogP contribution in [0.5, 0.6) is 0 Å². The number of pyridine rings is 1. The molecular weight excluding hydrogens is 244 g/mol. The zero-order valence-electron chi connectivity index (χ0n) is 8.36. The molecule has 0 amide bonds. The zero-order valence-corrected chi connectivity index (χ0v) is 9.18. The summed E-state index contributed by atoms with van der Waals surface area (Å²) in [6.45, 7) is 0. The van der Waals surface area contributed by atoms with Crippen LogP contribution < -0.4 is 5.56 Å². The van der Waals surface area contributed by atoms with E-state index in [0.717, 1.165) is 18.0 Å². The number of rotatable bonds is 3. The van der Waals surface area contributed by atoms with Gasteiger partial charge in [0, 0.05) is 18.3 Å². The molecule has 2 heterocycles. The normalized spacial score (nSPS) is 10.1. The van der Waals surface area contributed by atoms with Crippen molar-refractivity contribution in [1.29, 1.82) is 0 Å². The molecule has 2 aromatic rings. The van der Waals surface area contributed by atoms with E-state index in [1.54, 1.807) is 0 Å². The quantitative estimate of drug-likeness (QED) is 0.499. The topological polar surface area (TPSA) is 102 Å². The van der Waals surface area contributed by atoms with Gasteiger partial charge in [0.2, 0.25) is 0 Å². The van der Waals surface area contributed by atoms with Gasteiger partial charge in [-0.05, 0) is 17.8 Å². The van der Waals surface area contributed by atoms with E-state index in [9.17, 15) is 14.9 Å². The monoisotopic (exact) mass is 250 g/mol. The predicted molar refractivity (Wildman–Crippen MR) is 59.9 cm³/mol. The van der Waals surface area contributed by atoms with Gasteiger partial charge < -0.3 is 4.98 Å². The first kappa shape index (κ1) is 11.3. The minimum atomic E-state index is -0.524. The van der Waals surface area contributed by atoms with Crippen LogP contribution in [-0.4, -0.2) is 19.9 Å². The Morgan fingerprint density at radius 1 is 1.29 bits per heavy atom. The second-order valence-electron chi connectivity index (χ2n) is 2.95. The highest BCUT2D eigenvalue weighted by atomic mass is 32.2. The van der Waals surface area contributed by atoms with Gasteiger partial charge in [-0.2, -0.15) is 0 Å². The molecule has 1 N–H and O–H groups in total. The van der Waals surface area contributed by atoms with Crippen LogP contribution >= 0.6 is 11.8 Å². The summed E-state index contributed by atoms with van der Waals surface area (Å²) in [5.41, 5.74) is -0.340. The first-order valence-electron chi connectivity index (χ1n) is 4.49. The van der Waals surface area contributed by atoms with Crippen molar-refractivity contribution in [3.05, 3.63) is 51.1 Å². The van der Waals surface area contributed by atoms with Crippen molar-refractivity contribution in [3.8, 4) is 0 Å². The lowest BCUT2D eigenvalue weighted by Gasteiger charge is -1.98. The molecule has 0 aliphatic carbocycles. The van der Waals surface area contributed by atoms with Crippen LogP contribution in [0.15, 0.2) is 45.6 Å². The van der Waals surface area contributed by atoms with Crippen LogP contribution in [0.3, 0.4) is 0 Å². The fourth-order valence-corrected chi connectivity index (χ4v) is 1.75. The Hall–Kier alpha value is -2.22. The van der Waals surface area contributed by atoms with Gasteiger partial charge in [-0.1, -0.05) is 0 Å². The molecule has 2 aromatic heterocycles. The van der Waals surface area contributed by atoms with Crippen molar-refractivity contribution >= 4 is 17.4 Å². The minimum Gasteiger partial charge on any atom is -0.301 e. The van der Waals surface area contributed by atoms with E-state index in [2.05, 4.69) is 15.0 Å². The van der Waals surface area contributed by atoms with Gasteiger partial charge in [0.1, 0.15) is 11.2 Å². The molecule has 0 spiro atoms. The molecule has 2 rings (SSSR count). The third-order valence-electron chi connectivity index (χ3n) is 1.78. The molecule has 0 atom stereocenters. The molecule has 7 nitrogen and oxygen atoms in total. The third-order valence-corrected chi connectivity index (χ3v) is 2.63. The summed E-state index contributed by atoms with van der Waals surface area (Å²) >= 11 is 1.12. The van der Waals surface area contributed by atoms with E-state index in [-0.39, 0.29) is 11.2 Å². The molecule has 0 radical (unpaired) electrons. The number of nitrogens with one attached hydrogen (secondary N) is 1. The Morgan fingerprint density at radius 3 is 2.71 bits per heavy atom. The van der Waals surface area contributed by atoms with Crippen molar-refractivity contribution in [2.75, 3.05) is 0 Å². The summed E-state index contributed by atoms with van der Waals surface area (Å²) in [5, 5.41) is 11.3. The van der Waals surface area contributed by atoms with E-state index in [1.807, 2.05) is 0 Å². The highest BCUT2D eigenvalue weighted by Gasteiger charge is 2.06. The average molecular weight is 250 g/mol. The molecule has 17 heavy (non-hydrogen) atoms. The van der Waals surface area contributed by atoms with Gasteiger partial charge in [-0.15, -0.1) is 0 Å². The maximum Gasteiger partial charge on any atom is 0.287 e. The molecule has 0 saturated heterocycles. The van der Waals surface area contributed by atoms with Crippen molar-refractivity contribution in [1.82, 2.24) is 15.0 Å². The Labute approximate surface area is 99.1 Å². The molecule has 0 unspecified atom stereocenters. The minimum absolute atomic E-state index is 0.0798. The maximum absolute atomic E-state index is 11.0. The lowest BCUT2D eigenvalue weighted by Crippen LogP contribution is -2.05. The highest BCUT2D eigenvalue weighted by Crippen LogP contribution is 2.22.